The Hall–Kier alpha value is -0.870. The van der Waals surface area contributed by atoms with Crippen molar-refractivity contribution in [2.45, 2.75) is 30.6 Å². The molecule has 0 aromatic heterocycles. The fourth-order valence-electron chi connectivity index (χ4n) is 2.53. The molecule has 2 rings (SSSR count). The molecule has 19 heavy (non-hydrogen) atoms. The van der Waals surface area contributed by atoms with Gasteiger partial charge >= 0.3 is 0 Å². The molecule has 106 valence electrons. The maximum atomic E-state index is 5.71. The number of hydrogen-bond acceptors (Lipinski definition) is 4. The van der Waals surface area contributed by atoms with Crippen molar-refractivity contribution in [1.82, 2.24) is 5.32 Å². The third-order valence-electron chi connectivity index (χ3n) is 3.59. The van der Waals surface area contributed by atoms with Crippen LogP contribution in [0.1, 0.15) is 19.3 Å². The van der Waals surface area contributed by atoms with Crippen molar-refractivity contribution in [1.29, 1.82) is 0 Å². The van der Waals surface area contributed by atoms with Crippen LogP contribution in [-0.4, -0.2) is 37.8 Å². The van der Waals surface area contributed by atoms with Crippen molar-refractivity contribution in [3.8, 4) is 11.5 Å². The summed E-state index contributed by atoms with van der Waals surface area (Å²) in [6.45, 7) is 1.62. The first-order valence-corrected chi connectivity index (χ1v) is 8.15. The zero-order valence-corrected chi connectivity index (χ0v) is 12.5. The van der Waals surface area contributed by atoms with Crippen LogP contribution in [0.2, 0.25) is 0 Å². The van der Waals surface area contributed by atoms with Crippen LogP contribution in [0, 0.1) is 0 Å². The number of thioether (sulfide) groups is 1. The quantitative estimate of drug-likeness (QED) is 0.778. The van der Waals surface area contributed by atoms with Gasteiger partial charge < -0.3 is 14.8 Å². The van der Waals surface area contributed by atoms with Crippen LogP contribution in [0.15, 0.2) is 24.3 Å². The summed E-state index contributed by atoms with van der Waals surface area (Å²) >= 11 is 1.98. The maximum absolute atomic E-state index is 5.71. The van der Waals surface area contributed by atoms with Gasteiger partial charge in [-0.25, -0.2) is 0 Å². The monoisotopic (exact) mass is 281 g/mol. The number of hydrogen-bond donors (Lipinski definition) is 1. The molecule has 0 spiro atoms. The van der Waals surface area contributed by atoms with Crippen molar-refractivity contribution in [2.75, 3.05) is 26.5 Å². The summed E-state index contributed by atoms with van der Waals surface area (Å²) in [7, 11) is 1.67. The van der Waals surface area contributed by atoms with E-state index in [0.29, 0.717) is 12.6 Å². The molecule has 2 atom stereocenters. The predicted molar refractivity (Wildman–Crippen MR) is 81.4 cm³/mol. The Morgan fingerprint density at radius 1 is 1.21 bits per heavy atom. The fourth-order valence-corrected chi connectivity index (χ4v) is 3.49. The molecule has 1 saturated carbocycles. The van der Waals surface area contributed by atoms with Gasteiger partial charge in [0, 0.05) is 17.8 Å². The Balaban J connectivity index is 1.66. The summed E-state index contributed by atoms with van der Waals surface area (Å²) in [6, 6.07) is 8.39. The number of methoxy groups -OCH3 is 1. The molecule has 0 amide bonds. The zero-order valence-electron chi connectivity index (χ0n) is 11.7. The second kappa shape index (κ2) is 7.65. The molecule has 1 fully saturated rings. The van der Waals surface area contributed by atoms with E-state index in [1.807, 2.05) is 36.0 Å². The first-order chi connectivity index (χ1) is 9.33. The van der Waals surface area contributed by atoms with Gasteiger partial charge in [-0.3, -0.25) is 0 Å². The molecule has 0 saturated heterocycles. The Morgan fingerprint density at radius 3 is 2.63 bits per heavy atom. The van der Waals surface area contributed by atoms with E-state index < -0.39 is 0 Å². The smallest absolute Gasteiger partial charge is 0.119 e. The second-order valence-electron chi connectivity index (χ2n) is 4.79. The molecular formula is C15H23NO2S. The molecule has 1 aromatic carbocycles. The molecule has 0 radical (unpaired) electrons. The number of nitrogens with one attached hydrogen (secondary N) is 1. The van der Waals surface area contributed by atoms with E-state index in [9.17, 15) is 0 Å². The minimum absolute atomic E-state index is 0.662. The Bertz CT molecular complexity index is 369. The molecule has 1 aliphatic carbocycles. The first-order valence-electron chi connectivity index (χ1n) is 6.86. The van der Waals surface area contributed by atoms with E-state index in [4.69, 9.17) is 9.47 Å². The summed E-state index contributed by atoms with van der Waals surface area (Å²) in [4.78, 5) is 0. The van der Waals surface area contributed by atoms with Gasteiger partial charge in [-0.1, -0.05) is 6.42 Å². The molecule has 3 nitrogen and oxygen atoms in total. The molecule has 0 bridgehead atoms. The first kappa shape index (κ1) is 14.5. The van der Waals surface area contributed by atoms with Crippen molar-refractivity contribution >= 4 is 11.8 Å². The lowest BCUT2D eigenvalue weighted by Crippen LogP contribution is -2.36. The molecule has 1 aliphatic rings. The third kappa shape index (κ3) is 4.32. The lowest BCUT2D eigenvalue weighted by molar-refractivity contribution is 0.305. The number of ether oxygens (including phenoxy) is 2. The van der Waals surface area contributed by atoms with E-state index in [-0.39, 0.29) is 0 Å². The average molecular weight is 281 g/mol. The molecular weight excluding hydrogens is 258 g/mol. The highest BCUT2D eigenvalue weighted by atomic mass is 32.2. The summed E-state index contributed by atoms with van der Waals surface area (Å²) in [5.74, 6) is 1.76. The van der Waals surface area contributed by atoms with E-state index >= 15 is 0 Å². The van der Waals surface area contributed by atoms with Gasteiger partial charge in [0.15, 0.2) is 0 Å². The van der Waals surface area contributed by atoms with Crippen LogP contribution in [0.4, 0.5) is 0 Å². The highest BCUT2D eigenvalue weighted by Crippen LogP contribution is 2.28. The summed E-state index contributed by atoms with van der Waals surface area (Å²) in [5, 5.41) is 4.38. The van der Waals surface area contributed by atoms with E-state index in [2.05, 4.69) is 11.6 Å². The molecule has 2 unspecified atom stereocenters. The number of rotatable bonds is 7. The Morgan fingerprint density at radius 2 is 1.95 bits per heavy atom. The predicted octanol–water partition coefficient (Wildman–Crippen LogP) is 2.95. The summed E-state index contributed by atoms with van der Waals surface area (Å²) in [5.41, 5.74) is 0. The minimum Gasteiger partial charge on any atom is -0.497 e. The van der Waals surface area contributed by atoms with Crippen LogP contribution in [0.25, 0.3) is 0 Å². The lowest BCUT2D eigenvalue weighted by Gasteiger charge is -2.19. The maximum Gasteiger partial charge on any atom is 0.119 e. The van der Waals surface area contributed by atoms with Crippen molar-refractivity contribution in [3.63, 3.8) is 0 Å². The fraction of sp³-hybridized carbons (Fsp3) is 0.600. The van der Waals surface area contributed by atoms with Gasteiger partial charge in [0.2, 0.25) is 0 Å². The van der Waals surface area contributed by atoms with Gasteiger partial charge in [0.1, 0.15) is 18.1 Å². The standard InChI is InChI=1S/C15H23NO2S/c1-17-12-6-8-13(9-7-12)18-11-10-16-14-4-3-5-15(14)19-2/h6-9,14-16H,3-5,10-11H2,1-2H3. The second-order valence-corrected chi connectivity index (χ2v) is 5.87. The normalized spacial score (nSPS) is 22.4. The van der Waals surface area contributed by atoms with E-state index in [0.717, 1.165) is 23.3 Å². The minimum atomic E-state index is 0.662. The van der Waals surface area contributed by atoms with Gasteiger partial charge in [-0.2, -0.15) is 11.8 Å². The summed E-state index contributed by atoms with van der Waals surface area (Å²) < 4.78 is 10.8. The Kier molecular flexibility index (Phi) is 5.86. The van der Waals surface area contributed by atoms with Crippen molar-refractivity contribution in [2.24, 2.45) is 0 Å². The average Bonchev–Trinajstić information content (AvgIpc) is 2.91. The van der Waals surface area contributed by atoms with E-state index in [1.165, 1.54) is 19.3 Å². The largest absolute Gasteiger partial charge is 0.497 e. The molecule has 0 aliphatic heterocycles. The topological polar surface area (TPSA) is 30.5 Å². The lowest BCUT2D eigenvalue weighted by atomic mass is 10.2. The Labute approximate surface area is 120 Å². The van der Waals surface area contributed by atoms with Gasteiger partial charge in [0.05, 0.1) is 7.11 Å². The molecule has 4 heteroatoms. The third-order valence-corrected chi connectivity index (χ3v) is 4.76. The van der Waals surface area contributed by atoms with Gasteiger partial charge in [-0.05, 0) is 43.4 Å². The zero-order chi connectivity index (χ0) is 13.5. The van der Waals surface area contributed by atoms with Crippen molar-refractivity contribution < 1.29 is 9.47 Å². The van der Waals surface area contributed by atoms with Crippen LogP contribution in [0.3, 0.4) is 0 Å². The van der Waals surface area contributed by atoms with E-state index in [1.54, 1.807) is 7.11 Å². The number of benzene rings is 1. The SMILES string of the molecule is COc1ccc(OCCNC2CCCC2SC)cc1. The molecule has 1 N–H and O–H groups in total. The van der Waals surface area contributed by atoms with Gasteiger partial charge in [-0.15, -0.1) is 0 Å². The van der Waals surface area contributed by atoms with Crippen molar-refractivity contribution in [3.05, 3.63) is 24.3 Å². The highest BCUT2D eigenvalue weighted by Gasteiger charge is 2.25. The van der Waals surface area contributed by atoms with Gasteiger partial charge in [0.25, 0.3) is 0 Å². The van der Waals surface area contributed by atoms with Crippen LogP contribution >= 0.6 is 11.8 Å². The highest BCUT2D eigenvalue weighted by molar-refractivity contribution is 7.99. The summed E-state index contributed by atoms with van der Waals surface area (Å²) in [6.07, 6.45) is 6.20. The van der Waals surface area contributed by atoms with Crippen LogP contribution in [0.5, 0.6) is 11.5 Å². The molecule has 0 heterocycles. The van der Waals surface area contributed by atoms with Crippen LogP contribution < -0.4 is 14.8 Å². The van der Waals surface area contributed by atoms with Crippen LogP contribution in [-0.2, 0) is 0 Å². The molecule has 1 aromatic rings.